The lowest BCUT2D eigenvalue weighted by molar-refractivity contribution is -0.136. The number of likely N-dealkylation sites (N-methyl/N-ethyl adjacent to an activating group) is 1. The molecule has 0 unspecified atom stereocenters. The number of rotatable bonds is 12. The van der Waals surface area contributed by atoms with Crippen molar-refractivity contribution >= 4 is 35.3 Å². The lowest BCUT2D eigenvalue weighted by atomic mass is 10.1. The van der Waals surface area contributed by atoms with Crippen molar-refractivity contribution in [3.05, 3.63) is 88.7 Å². The topological polar surface area (TPSA) is 118 Å². The number of anilines is 1. The maximum Gasteiger partial charge on any atom is 0.411 e. The molecular weight excluding hydrogens is 478 g/mol. The molecule has 0 fully saturated rings. The third-order valence-corrected chi connectivity index (χ3v) is 5.81. The molecule has 4 N–H and O–H groups in total. The fourth-order valence-electron chi connectivity index (χ4n) is 3.06. The van der Waals surface area contributed by atoms with Crippen LogP contribution in [0, 0.1) is 5.41 Å². The van der Waals surface area contributed by atoms with E-state index in [1.54, 1.807) is 50.1 Å². The minimum absolute atomic E-state index is 0.108. The molecule has 0 aliphatic carbocycles. The summed E-state index contributed by atoms with van der Waals surface area (Å²) in [6.07, 6.45) is -0.820. The van der Waals surface area contributed by atoms with Gasteiger partial charge in [-0.3, -0.25) is 15.5 Å². The van der Waals surface area contributed by atoms with Crippen LogP contribution in [0.4, 0.5) is 10.5 Å². The van der Waals surface area contributed by atoms with E-state index in [4.69, 9.17) is 10.1 Å². The van der Waals surface area contributed by atoms with Crippen molar-refractivity contribution in [1.29, 1.82) is 5.41 Å². The summed E-state index contributed by atoms with van der Waals surface area (Å²) in [6.45, 7) is 4.24. The maximum absolute atomic E-state index is 12.0. The van der Waals surface area contributed by atoms with E-state index in [1.165, 1.54) is 11.8 Å². The van der Waals surface area contributed by atoms with Gasteiger partial charge in [0.25, 0.3) is 0 Å². The van der Waals surface area contributed by atoms with Crippen molar-refractivity contribution in [2.75, 3.05) is 33.5 Å². The minimum Gasteiger partial charge on any atom is -0.481 e. The van der Waals surface area contributed by atoms with E-state index in [9.17, 15) is 14.7 Å². The predicted molar refractivity (Wildman–Crippen MR) is 145 cm³/mol. The van der Waals surface area contributed by atoms with Crippen LogP contribution in [0.25, 0.3) is 0 Å². The van der Waals surface area contributed by atoms with Crippen molar-refractivity contribution in [1.82, 2.24) is 15.1 Å². The maximum atomic E-state index is 12.0. The van der Waals surface area contributed by atoms with Crippen molar-refractivity contribution < 1.29 is 19.4 Å². The number of ether oxygens (including phenoxy) is 1. The van der Waals surface area contributed by atoms with Gasteiger partial charge in [-0.2, -0.15) is 0 Å². The van der Waals surface area contributed by atoms with E-state index in [0.29, 0.717) is 27.9 Å². The summed E-state index contributed by atoms with van der Waals surface area (Å²) in [7, 11) is 6.95. The molecule has 36 heavy (non-hydrogen) atoms. The molecule has 0 heterocycles. The van der Waals surface area contributed by atoms with Crippen LogP contribution in [0.15, 0.2) is 77.6 Å². The number of nitrogens with one attached hydrogen (secondary N) is 3. The highest BCUT2D eigenvalue weighted by Crippen LogP contribution is 2.22. The van der Waals surface area contributed by atoms with E-state index >= 15 is 0 Å². The van der Waals surface area contributed by atoms with Gasteiger partial charge in [0.1, 0.15) is 18.3 Å². The smallest absolute Gasteiger partial charge is 0.411 e. The number of aliphatic carboxylic acids is 1. The lowest BCUT2D eigenvalue weighted by Gasteiger charge is -2.26. The molecular formula is C26H33N5O4S. The molecule has 0 atom stereocenters. The zero-order valence-corrected chi connectivity index (χ0v) is 21.8. The molecule has 0 aliphatic heterocycles. The van der Waals surface area contributed by atoms with Crippen molar-refractivity contribution in [3.8, 4) is 0 Å². The van der Waals surface area contributed by atoms with E-state index in [0.717, 1.165) is 11.1 Å². The Morgan fingerprint density at radius 1 is 1.00 bits per heavy atom. The van der Waals surface area contributed by atoms with Crippen molar-refractivity contribution in [3.63, 3.8) is 0 Å². The van der Waals surface area contributed by atoms with Gasteiger partial charge in [-0.1, -0.05) is 49.0 Å². The lowest BCUT2D eigenvalue weighted by Crippen LogP contribution is -2.33. The number of amidine groups is 1. The zero-order valence-electron chi connectivity index (χ0n) is 21.0. The first-order valence-electron chi connectivity index (χ1n) is 11.1. The second kappa shape index (κ2) is 13.8. The Morgan fingerprint density at radius 3 is 2.19 bits per heavy atom. The number of carboxylic acids is 1. The number of thioether (sulfide) groups is 1. The third kappa shape index (κ3) is 9.38. The number of amides is 1. The SMILES string of the molecule is C=C(NC(=C(CC(=O)O)C(=N)N(C)C)N(C)C)SCc1ccc(NC(=O)OCc2ccccc2)cc1. The highest BCUT2D eigenvalue weighted by Gasteiger charge is 2.19. The summed E-state index contributed by atoms with van der Waals surface area (Å²) in [5.74, 6) is 0.192. The van der Waals surface area contributed by atoms with Crippen LogP contribution in [0.3, 0.4) is 0 Å². The van der Waals surface area contributed by atoms with Gasteiger partial charge in [-0.25, -0.2) is 4.79 Å². The number of carbonyl (C=O) groups is 2. The third-order valence-electron chi connectivity index (χ3n) is 4.88. The number of hydrogen-bond acceptors (Lipinski definition) is 7. The number of nitrogens with zero attached hydrogens (tertiary/aromatic N) is 2. The summed E-state index contributed by atoms with van der Waals surface area (Å²) in [6, 6.07) is 16.8. The number of carboxylic acid groups (broad SMARTS) is 1. The van der Waals surface area contributed by atoms with E-state index < -0.39 is 12.1 Å². The van der Waals surface area contributed by atoms with Crippen LogP contribution in [-0.2, 0) is 21.9 Å². The molecule has 10 heteroatoms. The van der Waals surface area contributed by atoms with Crippen LogP contribution in [0.1, 0.15) is 17.5 Å². The zero-order chi connectivity index (χ0) is 26.7. The van der Waals surface area contributed by atoms with E-state index in [2.05, 4.69) is 17.2 Å². The fourth-order valence-corrected chi connectivity index (χ4v) is 3.76. The first-order valence-corrected chi connectivity index (χ1v) is 12.1. The summed E-state index contributed by atoms with van der Waals surface area (Å²) in [5, 5.41) is 24.1. The van der Waals surface area contributed by atoms with Crippen molar-refractivity contribution in [2.45, 2.75) is 18.8 Å². The molecule has 2 rings (SSSR count). The minimum atomic E-state index is -1.02. The van der Waals surface area contributed by atoms with Gasteiger partial charge < -0.3 is 25.0 Å². The molecule has 0 saturated carbocycles. The van der Waals surface area contributed by atoms with Crippen LogP contribution >= 0.6 is 11.8 Å². The Labute approximate surface area is 216 Å². The molecule has 1 amide bonds. The van der Waals surface area contributed by atoms with E-state index in [-0.39, 0.29) is 18.9 Å². The molecule has 0 radical (unpaired) electrons. The monoisotopic (exact) mass is 511 g/mol. The molecule has 0 bridgehead atoms. The predicted octanol–water partition coefficient (Wildman–Crippen LogP) is 4.52. The Hall–Kier alpha value is -3.92. The largest absolute Gasteiger partial charge is 0.481 e. The normalized spacial score (nSPS) is 11.1. The average Bonchev–Trinajstić information content (AvgIpc) is 2.84. The van der Waals surface area contributed by atoms with Crippen LogP contribution in [0.2, 0.25) is 0 Å². The molecule has 192 valence electrons. The number of carbonyl (C=O) groups excluding carboxylic acids is 1. The molecule has 2 aromatic carbocycles. The average molecular weight is 512 g/mol. The van der Waals surface area contributed by atoms with Crippen LogP contribution in [-0.4, -0.2) is 61.0 Å². The van der Waals surface area contributed by atoms with E-state index in [1.807, 2.05) is 42.5 Å². The van der Waals surface area contributed by atoms with Crippen molar-refractivity contribution in [2.24, 2.45) is 0 Å². The standard InChI is InChI=1S/C26H33N5O4S/c1-18(28-25(31(4)5)22(15-23(32)33)24(27)30(2)3)36-17-20-11-13-21(14-12-20)29-26(34)35-16-19-9-7-6-8-10-19/h6-14,27-28H,1,15-17H2,2-5H3,(H,29,34)(H,32,33). The number of benzene rings is 2. The molecule has 9 nitrogen and oxygen atoms in total. The van der Waals surface area contributed by atoms with Crippen LogP contribution in [0.5, 0.6) is 0 Å². The summed E-state index contributed by atoms with van der Waals surface area (Å²) in [5.41, 5.74) is 2.90. The quantitative estimate of drug-likeness (QED) is 0.243. The van der Waals surface area contributed by atoms with Gasteiger partial charge in [0.15, 0.2) is 0 Å². The molecule has 2 aromatic rings. The van der Waals surface area contributed by atoms with Gasteiger partial charge in [0.2, 0.25) is 0 Å². The van der Waals surface area contributed by atoms with Gasteiger partial charge in [-0.15, -0.1) is 11.8 Å². The summed E-state index contributed by atoms with van der Waals surface area (Å²) < 4.78 is 5.24. The first kappa shape index (κ1) is 28.3. The second-order valence-corrected chi connectivity index (χ2v) is 9.33. The van der Waals surface area contributed by atoms with Gasteiger partial charge in [-0.05, 0) is 23.3 Å². The molecule has 0 saturated heterocycles. The summed E-state index contributed by atoms with van der Waals surface area (Å²) >= 11 is 1.45. The Kier molecular flexibility index (Phi) is 10.9. The summed E-state index contributed by atoms with van der Waals surface area (Å²) in [4.78, 5) is 26.7. The number of hydrogen-bond donors (Lipinski definition) is 4. The molecule has 0 spiro atoms. The Balaban J connectivity index is 1.94. The van der Waals surface area contributed by atoms with Crippen LogP contribution < -0.4 is 10.6 Å². The Bertz CT molecular complexity index is 1100. The fraction of sp³-hybridized carbons (Fsp3) is 0.269. The highest BCUT2D eigenvalue weighted by molar-refractivity contribution is 8.02. The van der Waals surface area contributed by atoms with Gasteiger partial charge in [0, 0.05) is 45.2 Å². The molecule has 0 aliphatic rings. The van der Waals surface area contributed by atoms with Gasteiger partial charge >= 0.3 is 12.1 Å². The first-order chi connectivity index (χ1) is 17.1. The van der Waals surface area contributed by atoms with Gasteiger partial charge in [0.05, 0.1) is 11.4 Å². The Morgan fingerprint density at radius 2 is 1.64 bits per heavy atom. The molecule has 0 aromatic heterocycles. The second-order valence-electron chi connectivity index (χ2n) is 8.26. The highest BCUT2D eigenvalue weighted by atomic mass is 32.2.